The van der Waals surface area contributed by atoms with Crippen molar-refractivity contribution < 1.29 is 19.1 Å². The van der Waals surface area contributed by atoms with Crippen LogP contribution in [0.1, 0.15) is 18.9 Å². The van der Waals surface area contributed by atoms with E-state index < -0.39 is 0 Å². The van der Waals surface area contributed by atoms with Crippen molar-refractivity contribution in [3.8, 4) is 11.5 Å². The molecule has 0 saturated heterocycles. The maximum atomic E-state index is 11.6. The number of rotatable bonds is 6. The molecule has 1 rings (SSSR count). The van der Waals surface area contributed by atoms with Crippen molar-refractivity contribution in [2.45, 2.75) is 19.8 Å². The fourth-order valence-electron chi connectivity index (χ4n) is 1.57. The highest BCUT2D eigenvalue weighted by molar-refractivity contribution is 5.99. The number of ether oxygens (including phenoxy) is 2. The quantitative estimate of drug-likeness (QED) is 0.707. The van der Waals surface area contributed by atoms with Crippen molar-refractivity contribution in [1.29, 1.82) is 0 Å². The number of Topliss-reactive ketones (excluding diaryl/α,β-unsaturated/α-hetero) is 2. The zero-order chi connectivity index (χ0) is 12.8. The number of methoxy groups -OCH3 is 2. The van der Waals surface area contributed by atoms with Crippen LogP contribution in [0.2, 0.25) is 0 Å². The molecule has 0 fully saturated rings. The topological polar surface area (TPSA) is 52.6 Å². The molecule has 0 radical (unpaired) electrons. The van der Waals surface area contributed by atoms with E-state index in [0.29, 0.717) is 11.5 Å². The van der Waals surface area contributed by atoms with Crippen LogP contribution in [0, 0.1) is 0 Å². The molecule has 1 aromatic rings. The Kier molecular flexibility index (Phi) is 4.69. The first kappa shape index (κ1) is 13.2. The van der Waals surface area contributed by atoms with Crippen LogP contribution < -0.4 is 9.47 Å². The van der Waals surface area contributed by atoms with Gasteiger partial charge in [-0.1, -0.05) is 0 Å². The van der Waals surface area contributed by atoms with Crippen LogP contribution in [-0.4, -0.2) is 25.8 Å². The zero-order valence-electron chi connectivity index (χ0n) is 10.3. The summed E-state index contributed by atoms with van der Waals surface area (Å²) in [6, 6.07) is 5.25. The minimum Gasteiger partial charge on any atom is -0.497 e. The second-order valence-corrected chi connectivity index (χ2v) is 3.77. The van der Waals surface area contributed by atoms with E-state index in [1.165, 1.54) is 6.92 Å². The molecule has 92 valence electrons. The van der Waals surface area contributed by atoms with E-state index >= 15 is 0 Å². The molecule has 0 amide bonds. The van der Waals surface area contributed by atoms with Crippen molar-refractivity contribution in [3.05, 3.63) is 23.8 Å². The molecule has 0 bridgehead atoms. The lowest BCUT2D eigenvalue weighted by Gasteiger charge is -2.09. The Bertz CT molecular complexity index is 423. The molecule has 0 unspecified atom stereocenters. The van der Waals surface area contributed by atoms with E-state index in [-0.39, 0.29) is 24.4 Å². The maximum Gasteiger partial charge on any atom is 0.144 e. The van der Waals surface area contributed by atoms with Crippen LogP contribution in [0.15, 0.2) is 18.2 Å². The van der Waals surface area contributed by atoms with E-state index in [1.807, 2.05) is 0 Å². The third kappa shape index (κ3) is 3.90. The van der Waals surface area contributed by atoms with E-state index in [4.69, 9.17) is 9.47 Å². The van der Waals surface area contributed by atoms with E-state index in [2.05, 4.69) is 0 Å². The second-order valence-electron chi connectivity index (χ2n) is 3.77. The van der Waals surface area contributed by atoms with Crippen molar-refractivity contribution in [2.75, 3.05) is 14.2 Å². The summed E-state index contributed by atoms with van der Waals surface area (Å²) < 4.78 is 10.2. The zero-order valence-corrected chi connectivity index (χ0v) is 10.3. The van der Waals surface area contributed by atoms with Crippen molar-refractivity contribution in [1.82, 2.24) is 0 Å². The fraction of sp³-hybridized carbons (Fsp3) is 0.385. The van der Waals surface area contributed by atoms with Gasteiger partial charge in [0, 0.05) is 12.0 Å². The van der Waals surface area contributed by atoms with Gasteiger partial charge in [0.1, 0.15) is 23.1 Å². The smallest absolute Gasteiger partial charge is 0.144 e. The Morgan fingerprint density at radius 2 is 1.88 bits per heavy atom. The summed E-state index contributed by atoms with van der Waals surface area (Å²) in [4.78, 5) is 22.4. The average Bonchev–Trinajstić information content (AvgIpc) is 2.27. The Labute approximate surface area is 101 Å². The third-order valence-corrected chi connectivity index (χ3v) is 2.32. The first-order valence-corrected chi connectivity index (χ1v) is 5.29. The van der Waals surface area contributed by atoms with Crippen LogP contribution in [-0.2, 0) is 16.0 Å². The van der Waals surface area contributed by atoms with Crippen LogP contribution >= 0.6 is 0 Å². The Morgan fingerprint density at radius 1 is 1.18 bits per heavy atom. The molecule has 0 aliphatic carbocycles. The highest BCUT2D eigenvalue weighted by Crippen LogP contribution is 2.24. The lowest BCUT2D eigenvalue weighted by molar-refractivity contribution is -0.125. The normalized spacial score (nSPS) is 9.82. The van der Waals surface area contributed by atoms with Gasteiger partial charge in [0.15, 0.2) is 0 Å². The van der Waals surface area contributed by atoms with Crippen LogP contribution in [0.3, 0.4) is 0 Å². The van der Waals surface area contributed by atoms with Crippen LogP contribution in [0.5, 0.6) is 11.5 Å². The molecule has 1 aromatic carbocycles. The van der Waals surface area contributed by atoms with Crippen LogP contribution in [0.25, 0.3) is 0 Å². The van der Waals surface area contributed by atoms with Gasteiger partial charge in [0.2, 0.25) is 0 Å². The molecular weight excluding hydrogens is 220 g/mol. The van der Waals surface area contributed by atoms with Gasteiger partial charge in [-0.05, 0) is 25.1 Å². The first-order valence-electron chi connectivity index (χ1n) is 5.29. The lowest BCUT2D eigenvalue weighted by atomic mass is 10.0. The molecule has 0 saturated carbocycles. The molecule has 0 heterocycles. The second kappa shape index (κ2) is 6.03. The molecule has 0 N–H and O–H groups in total. The van der Waals surface area contributed by atoms with Gasteiger partial charge in [0.05, 0.1) is 20.6 Å². The molecule has 17 heavy (non-hydrogen) atoms. The highest BCUT2D eigenvalue weighted by Gasteiger charge is 2.11. The van der Waals surface area contributed by atoms with Gasteiger partial charge < -0.3 is 9.47 Å². The molecule has 0 atom stereocenters. The number of carbonyl (C=O) groups is 2. The molecule has 0 aliphatic heterocycles. The molecule has 4 nitrogen and oxygen atoms in total. The number of hydrogen-bond acceptors (Lipinski definition) is 4. The minimum atomic E-state index is -0.128. The summed E-state index contributed by atoms with van der Waals surface area (Å²) in [6.07, 6.45) is 0.139. The molecular formula is C13H16O4. The van der Waals surface area contributed by atoms with Gasteiger partial charge in [-0.2, -0.15) is 0 Å². The SMILES string of the molecule is COc1ccc(OC)c(CC(=O)CC(C)=O)c1. The lowest BCUT2D eigenvalue weighted by Crippen LogP contribution is -2.08. The Morgan fingerprint density at radius 3 is 2.41 bits per heavy atom. The van der Waals surface area contributed by atoms with Gasteiger partial charge >= 0.3 is 0 Å². The van der Waals surface area contributed by atoms with E-state index in [9.17, 15) is 9.59 Å². The Hall–Kier alpha value is -1.84. The summed E-state index contributed by atoms with van der Waals surface area (Å²) in [5, 5.41) is 0. The summed E-state index contributed by atoms with van der Waals surface area (Å²) in [5.74, 6) is 1.04. The summed E-state index contributed by atoms with van der Waals surface area (Å²) in [7, 11) is 3.10. The number of benzene rings is 1. The number of carbonyl (C=O) groups excluding carboxylic acids is 2. The average molecular weight is 236 g/mol. The summed E-state index contributed by atoms with van der Waals surface area (Å²) in [6.45, 7) is 1.40. The highest BCUT2D eigenvalue weighted by atomic mass is 16.5. The van der Waals surface area contributed by atoms with Crippen molar-refractivity contribution in [3.63, 3.8) is 0 Å². The minimum absolute atomic E-state index is 0.0413. The fourth-order valence-corrected chi connectivity index (χ4v) is 1.57. The first-order chi connectivity index (χ1) is 8.06. The standard InChI is InChI=1S/C13H16O4/c1-9(14)6-11(15)7-10-8-12(16-2)4-5-13(10)17-3/h4-5,8H,6-7H2,1-3H3. The number of hydrogen-bond donors (Lipinski definition) is 0. The maximum absolute atomic E-state index is 11.6. The summed E-state index contributed by atoms with van der Waals surface area (Å²) in [5.41, 5.74) is 0.734. The van der Waals surface area contributed by atoms with Gasteiger partial charge in [0.25, 0.3) is 0 Å². The predicted molar refractivity (Wildman–Crippen MR) is 63.6 cm³/mol. The number of ketones is 2. The van der Waals surface area contributed by atoms with Gasteiger partial charge in [-0.3, -0.25) is 9.59 Å². The molecule has 0 spiro atoms. The van der Waals surface area contributed by atoms with E-state index in [1.54, 1.807) is 32.4 Å². The van der Waals surface area contributed by atoms with Crippen molar-refractivity contribution in [2.24, 2.45) is 0 Å². The predicted octanol–water partition coefficient (Wildman–Crippen LogP) is 1.79. The molecule has 0 aromatic heterocycles. The largest absolute Gasteiger partial charge is 0.497 e. The Balaban J connectivity index is 2.87. The van der Waals surface area contributed by atoms with Crippen molar-refractivity contribution >= 4 is 11.6 Å². The molecule has 0 aliphatic rings. The van der Waals surface area contributed by atoms with Gasteiger partial charge in [-0.15, -0.1) is 0 Å². The third-order valence-electron chi connectivity index (χ3n) is 2.32. The van der Waals surface area contributed by atoms with Gasteiger partial charge in [-0.25, -0.2) is 0 Å². The van der Waals surface area contributed by atoms with E-state index in [0.717, 1.165) is 5.56 Å². The summed E-state index contributed by atoms with van der Waals surface area (Å²) >= 11 is 0. The monoisotopic (exact) mass is 236 g/mol. The van der Waals surface area contributed by atoms with Crippen LogP contribution in [0.4, 0.5) is 0 Å². The molecule has 4 heteroatoms.